The van der Waals surface area contributed by atoms with Gasteiger partial charge in [0.05, 0.1) is 13.2 Å². The van der Waals surface area contributed by atoms with Crippen LogP contribution in [0.4, 0.5) is 5.69 Å². The Kier molecular flexibility index (Phi) is 3.00. The highest BCUT2D eigenvalue weighted by atomic mass is 16.5. The van der Waals surface area contributed by atoms with Crippen LogP contribution in [0.5, 0.6) is 0 Å². The van der Waals surface area contributed by atoms with Crippen LogP contribution in [-0.4, -0.2) is 50.8 Å². The second-order valence-electron chi connectivity index (χ2n) is 6.50. The Bertz CT molecular complexity index is 498. The highest BCUT2D eigenvalue weighted by Crippen LogP contribution is 2.60. The van der Waals surface area contributed by atoms with E-state index in [1.165, 1.54) is 31.7 Å². The Labute approximate surface area is 121 Å². The van der Waals surface area contributed by atoms with Gasteiger partial charge in [-0.1, -0.05) is 25.1 Å². The molecule has 0 aromatic heterocycles. The van der Waals surface area contributed by atoms with Gasteiger partial charge in [0.15, 0.2) is 0 Å². The molecule has 0 bridgehead atoms. The van der Waals surface area contributed by atoms with Gasteiger partial charge in [-0.2, -0.15) is 0 Å². The van der Waals surface area contributed by atoms with Gasteiger partial charge in [0.1, 0.15) is 0 Å². The first kappa shape index (κ1) is 12.7. The molecule has 20 heavy (non-hydrogen) atoms. The van der Waals surface area contributed by atoms with Gasteiger partial charge in [0, 0.05) is 37.3 Å². The number of hydrogen-bond acceptors (Lipinski definition) is 3. The van der Waals surface area contributed by atoms with E-state index in [1.54, 1.807) is 5.56 Å². The summed E-state index contributed by atoms with van der Waals surface area (Å²) in [4.78, 5) is 5.14. The third-order valence-corrected chi connectivity index (χ3v) is 5.46. The Balaban J connectivity index is 1.66. The van der Waals surface area contributed by atoms with Crippen molar-refractivity contribution in [1.29, 1.82) is 0 Å². The van der Waals surface area contributed by atoms with Gasteiger partial charge in [0.25, 0.3) is 0 Å². The van der Waals surface area contributed by atoms with Crippen LogP contribution in [0.2, 0.25) is 0 Å². The monoisotopic (exact) mass is 272 g/mol. The molecule has 2 atom stereocenters. The lowest BCUT2D eigenvalue weighted by atomic mass is 9.92. The number of fused-ring (bicyclic) bond motifs is 1. The summed E-state index contributed by atoms with van der Waals surface area (Å²) in [6, 6.07) is 9.11. The lowest BCUT2D eigenvalue weighted by Crippen LogP contribution is -2.37. The van der Waals surface area contributed by atoms with Crippen molar-refractivity contribution < 1.29 is 4.74 Å². The van der Waals surface area contributed by atoms with Gasteiger partial charge < -0.3 is 14.5 Å². The van der Waals surface area contributed by atoms with Gasteiger partial charge in [-0.15, -0.1) is 0 Å². The zero-order valence-corrected chi connectivity index (χ0v) is 12.3. The quantitative estimate of drug-likeness (QED) is 0.838. The summed E-state index contributed by atoms with van der Waals surface area (Å²) in [5.41, 5.74) is 3.53. The Morgan fingerprint density at radius 2 is 2.05 bits per heavy atom. The van der Waals surface area contributed by atoms with E-state index in [2.05, 4.69) is 41.0 Å². The van der Waals surface area contributed by atoms with E-state index in [4.69, 9.17) is 4.74 Å². The predicted molar refractivity (Wildman–Crippen MR) is 81.4 cm³/mol. The zero-order chi connectivity index (χ0) is 13.6. The van der Waals surface area contributed by atoms with Gasteiger partial charge in [-0.05, 0) is 30.5 Å². The molecule has 1 aliphatic carbocycles. The van der Waals surface area contributed by atoms with Crippen LogP contribution in [0.15, 0.2) is 24.3 Å². The third kappa shape index (κ3) is 1.87. The molecule has 1 aromatic rings. The van der Waals surface area contributed by atoms with Crippen LogP contribution >= 0.6 is 0 Å². The predicted octanol–water partition coefficient (Wildman–Crippen LogP) is 2.12. The molecule has 0 radical (unpaired) electrons. The van der Waals surface area contributed by atoms with Crippen LogP contribution in [0.3, 0.4) is 0 Å². The summed E-state index contributed by atoms with van der Waals surface area (Å²) >= 11 is 0. The summed E-state index contributed by atoms with van der Waals surface area (Å²) in [5.74, 6) is 0.893. The third-order valence-electron chi connectivity index (χ3n) is 5.46. The van der Waals surface area contributed by atoms with Crippen LogP contribution in [0.1, 0.15) is 18.9 Å². The van der Waals surface area contributed by atoms with E-state index >= 15 is 0 Å². The molecule has 4 rings (SSSR count). The summed E-state index contributed by atoms with van der Waals surface area (Å²) < 4.78 is 5.51. The van der Waals surface area contributed by atoms with Crippen molar-refractivity contribution >= 4 is 5.69 Å². The first-order valence-corrected chi connectivity index (χ1v) is 7.98. The number of hydrogen-bond donors (Lipinski definition) is 0. The molecule has 108 valence electrons. The molecule has 2 saturated heterocycles. The standard InChI is InChI=1S/C17H24N2O/c1-2-18-12-14-11-17(14,13-18)15-5-3-4-6-16(15)19-7-9-20-10-8-19/h3-6,14H,2,7-13H2,1H3. The molecule has 3 aliphatic rings. The van der Waals surface area contributed by atoms with E-state index in [0.717, 1.165) is 32.2 Å². The highest BCUT2D eigenvalue weighted by Gasteiger charge is 2.61. The minimum Gasteiger partial charge on any atom is -0.378 e. The van der Waals surface area contributed by atoms with Gasteiger partial charge >= 0.3 is 0 Å². The smallest absolute Gasteiger partial charge is 0.0642 e. The maximum absolute atomic E-state index is 5.51. The molecule has 0 amide bonds. The summed E-state index contributed by atoms with van der Waals surface area (Å²) in [7, 11) is 0. The van der Waals surface area contributed by atoms with E-state index in [9.17, 15) is 0 Å². The fourth-order valence-electron chi connectivity index (χ4n) is 4.22. The number of nitrogens with zero attached hydrogens (tertiary/aromatic N) is 2. The van der Waals surface area contributed by atoms with Gasteiger partial charge in [-0.3, -0.25) is 0 Å². The number of likely N-dealkylation sites (N-methyl/N-ethyl adjacent to an activating group) is 1. The summed E-state index contributed by atoms with van der Waals surface area (Å²) in [5, 5.41) is 0. The summed E-state index contributed by atoms with van der Waals surface area (Å²) in [6.45, 7) is 9.84. The molecule has 2 aliphatic heterocycles. The number of benzene rings is 1. The molecular formula is C17H24N2O. The van der Waals surface area contributed by atoms with E-state index in [0.29, 0.717) is 5.41 Å². The average molecular weight is 272 g/mol. The fraction of sp³-hybridized carbons (Fsp3) is 0.647. The van der Waals surface area contributed by atoms with Crippen molar-refractivity contribution in [3.05, 3.63) is 29.8 Å². The van der Waals surface area contributed by atoms with Gasteiger partial charge in [0.2, 0.25) is 0 Å². The molecule has 2 heterocycles. The number of piperidine rings is 1. The number of anilines is 1. The van der Waals surface area contributed by atoms with Crippen molar-refractivity contribution in [1.82, 2.24) is 4.90 Å². The SMILES string of the molecule is CCN1CC2CC2(c2ccccc2N2CCOCC2)C1. The number of likely N-dealkylation sites (tertiary alicyclic amines) is 1. The first-order chi connectivity index (χ1) is 9.83. The van der Waals surface area contributed by atoms with E-state index < -0.39 is 0 Å². The molecule has 3 nitrogen and oxygen atoms in total. The lowest BCUT2D eigenvalue weighted by Gasteiger charge is -2.32. The van der Waals surface area contributed by atoms with Crippen molar-refractivity contribution in [2.75, 3.05) is 50.8 Å². The minimum absolute atomic E-state index is 0.463. The Morgan fingerprint density at radius 1 is 1.25 bits per heavy atom. The van der Waals surface area contributed by atoms with Crippen molar-refractivity contribution in [3.63, 3.8) is 0 Å². The molecule has 1 aromatic carbocycles. The second kappa shape index (κ2) is 4.74. The minimum atomic E-state index is 0.463. The first-order valence-electron chi connectivity index (χ1n) is 7.98. The summed E-state index contributed by atoms with van der Waals surface area (Å²) in [6.07, 6.45) is 1.39. The molecule has 1 saturated carbocycles. The topological polar surface area (TPSA) is 15.7 Å². The van der Waals surface area contributed by atoms with Crippen LogP contribution < -0.4 is 4.90 Å². The van der Waals surface area contributed by atoms with Crippen molar-refractivity contribution in [2.24, 2.45) is 5.92 Å². The molecule has 0 spiro atoms. The normalized spacial score (nSPS) is 33.2. The molecule has 2 unspecified atom stereocenters. The maximum Gasteiger partial charge on any atom is 0.0642 e. The largest absolute Gasteiger partial charge is 0.378 e. The van der Waals surface area contributed by atoms with E-state index in [1.807, 2.05) is 0 Å². The zero-order valence-electron chi connectivity index (χ0n) is 12.3. The number of morpholine rings is 1. The van der Waals surface area contributed by atoms with Crippen LogP contribution in [-0.2, 0) is 10.2 Å². The molecular weight excluding hydrogens is 248 g/mol. The second-order valence-corrected chi connectivity index (χ2v) is 6.50. The Morgan fingerprint density at radius 3 is 2.80 bits per heavy atom. The van der Waals surface area contributed by atoms with Crippen LogP contribution in [0, 0.1) is 5.92 Å². The average Bonchev–Trinajstić information content (AvgIpc) is 3.10. The molecule has 3 fully saturated rings. The number of ether oxygens (including phenoxy) is 1. The van der Waals surface area contributed by atoms with E-state index in [-0.39, 0.29) is 0 Å². The van der Waals surface area contributed by atoms with Crippen molar-refractivity contribution in [2.45, 2.75) is 18.8 Å². The Hall–Kier alpha value is -1.06. The number of rotatable bonds is 3. The maximum atomic E-state index is 5.51. The fourth-order valence-corrected chi connectivity index (χ4v) is 4.22. The van der Waals surface area contributed by atoms with Gasteiger partial charge in [-0.25, -0.2) is 0 Å². The molecule has 3 heteroatoms. The van der Waals surface area contributed by atoms with Crippen molar-refractivity contribution in [3.8, 4) is 0 Å². The lowest BCUT2D eigenvalue weighted by molar-refractivity contribution is 0.122. The highest BCUT2D eigenvalue weighted by molar-refractivity contribution is 5.60. The number of para-hydroxylation sites is 1. The molecule has 0 N–H and O–H groups in total. The van der Waals surface area contributed by atoms with Crippen LogP contribution in [0.25, 0.3) is 0 Å².